The van der Waals surface area contributed by atoms with Crippen LogP contribution in [-0.4, -0.2) is 47.9 Å². The summed E-state index contributed by atoms with van der Waals surface area (Å²) in [5.74, 6) is -1.52. The van der Waals surface area contributed by atoms with Crippen LogP contribution in [0.5, 0.6) is 5.75 Å². The van der Waals surface area contributed by atoms with Crippen LogP contribution >= 0.6 is 0 Å². The maximum atomic E-state index is 13.6. The average molecular weight is 422 g/mol. The highest BCUT2D eigenvalue weighted by atomic mass is 16.6. The van der Waals surface area contributed by atoms with Crippen molar-refractivity contribution in [3.05, 3.63) is 57.6 Å². The van der Waals surface area contributed by atoms with Gasteiger partial charge in [-0.25, -0.2) is 0 Å². The van der Waals surface area contributed by atoms with Gasteiger partial charge in [0.05, 0.1) is 16.7 Å². The summed E-state index contributed by atoms with van der Waals surface area (Å²) in [5, 5.41) is 21.1. The first-order valence-electron chi connectivity index (χ1n) is 10.0. The lowest BCUT2D eigenvalue weighted by molar-refractivity contribution is -0.114. The Labute approximate surface area is 178 Å². The number of aldehydes is 1. The summed E-state index contributed by atoms with van der Waals surface area (Å²) in [5.41, 5.74) is 6.64. The quantitative estimate of drug-likeness (QED) is 0.501. The Morgan fingerprint density at radius 2 is 2.06 bits per heavy atom. The molecule has 5 rings (SSSR count). The van der Waals surface area contributed by atoms with E-state index >= 15 is 0 Å². The number of aliphatic hydroxyl groups is 1. The highest BCUT2D eigenvalue weighted by Crippen LogP contribution is 2.66. The predicted octanol–water partition coefficient (Wildman–Crippen LogP) is 1.93. The molecule has 0 aromatic heterocycles. The number of phenolic OH excluding ortho intramolecular Hbond substituents is 1. The van der Waals surface area contributed by atoms with Crippen molar-refractivity contribution in [3.8, 4) is 5.75 Å². The van der Waals surface area contributed by atoms with Crippen LogP contribution in [0, 0.1) is 11.8 Å². The number of primary amides is 1. The predicted molar refractivity (Wildman–Crippen MR) is 111 cm³/mol. The third-order valence-corrected chi connectivity index (χ3v) is 7.02. The highest BCUT2D eigenvalue weighted by molar-refractivity contribution is 6.16. The first-order valence-corrected chi connectivity index (χ1v) is 10.0. The zero-order valence-electron chi connectivity index (χ0n) is 17.2. The topological polar surface area (TPSA) is 133 Å². The average Bonchev–Trinajstić information content (AvgIpc) is 3.43. The largest absolute Gasteiger partial charge is 0.511 e. The molecule has 1 unspecified atom stereocenters. The second kappa shape index (κ2) is 6.00. The van der Waals surface area contributed by atoms with Gasteiger partial charge < -0.3 is 25.6 Å². The van der Waals surface area contributed by atoms with Crippen LogP contribution in [0.15, 0.2) is 40.9 Å². The number of benzene rings is 1. The number of epoxide rings is 1. The Bertz CT molecular complexity index is 1190. The third-order valence-electron chi connectivity index (χ3n) is 7.02. The molecule has 8 nitrogen and oxygen atoms in total. The molecule has 1 spiro atoms. The van der Waals surface area contributed by atoms with Crippen LogP contribution in [0.2, 0.25) is 0 Å². The number of amides is 1. The number of allylic oxidation sites excluding steroid dienone is 2. The van der Waals surface area contributed by atoms with E-state index in [2.05, 4.69) is 6.58 Å². The van der Waals surface area contributed by atoms with E-state index in [1.807, 2.05) is 19.0 Å². The molecule has 1 heterocycles. The lowest BCUT2D eigenvalue weighted by atomic mass is 9.62. The summed E-state index contributed by atoms with van der Waals surface area (Å²) in [6, 6.07) is 1.59. The summed E-state index contributed by atoms with van der Waals surface area (Å²) < 4.78 is 5.98. The molecule has 1 amide bonds. The number of hydrogen-bond acceptors (Lipinski definition) is 7. The van der Waals surface area contributed by atoms with Gasteiger partial charge in [-0.2, -0.15) is 0 Å². The SMILES string of the molecule is C=C1C(C(N)=O)=C(O)C[C@@H]2CC3Cc4c(N(C)C)cc(C=O)c(O)c4C(=O)C3=C3O[C@]132. The van der Waals surface area contributed by atoms with Crippen LogP contribution < -0.4 is 10.6 Å². The van der Waals surface area contributed by atoms with E-state index in [9.17, 15) is 24.6 Å². The van der Waals surface area contributed by atoms with E-state index in [0.717, 1.165) is 0 Å². The molecule has 0 saturated carbocycles. The van der Waals surface area contributed by atoms with E-state index in [1.54, 1.807) is 6.07 Å². The fourth-order valence-electron chi connectivity index (χ4n) is 5.64. The van der Waals surface area contributed by atoms with Gasteiger partial charge in [-0.1, -0.05) is 6.58 Å². The summed E-state index contributed by atoms with van der Waals surface area (Å²) in [6.45, 7) is 3.96. The normalized spacial score (nSPS) is 28.2. The van der Waals surface area contributed by atoms with Gasteiger partial charge in [0.1, 0.15) is 11.5 Å². The van der Waals surface area contributed by atoms with E-state index in [4.69, 9.17) is 10.5 Å². The van der Waals surface area contributed by atoms with E-state index in [0.29, 0.717) is 41.7 Å². The van der Waals surface area contributed by atoms with Gasteiger partial charge in [0.25, 0.3) is 5.91 Å². The number of aliphatic hydroxyl groups excluding tert-OH is 1. The number of ketones is 1. The number of fused-ring (bicyclic) bond motifs is 2. The van der Waals surface area contributed by atoms with Crippen molar-refractivity contribution >= 4 is 23.7 Å². The number of ether oxygens (including phenoxy) is 1. The molecule has 8 heteroatoms. The van der Waals surface area contributed by atoms with Gasteiger partial charge in [0.15, 0.2) is 23.4 Å². The lowest BCUT2D eigenvalue weighted by Gasteiger charge is -2.38. The number of carbonyl (C=O) groups excluding carboxylic acids is 3. The molecule has 1 aliphatic heterocycles. The molecular weight excluding hydrogens is 400 g/mol. The molecule has 4 aliphatic rings. The Kier molecular flexibility index (Phi) is 3.76. The molecule has 3 aliphatic carbocycles. The fraction of sp³-hybridized carbons (Fsp3) is 0.348. The molecule has 1 aromatic rings. The number of Topliss-reactive ketones (excluding diaryl/α,β-unsaturated/α-hetero) is 1. The van der Waals surface area contributed by atoms with Crippen LogP contribution in [0.1, 0.15) is 39.1 Å². The van der Waals surface area contributed by atoms with Crippen LogP contribution in [0.4, 0.5) is 5.69 Å². The molecule has 1 aromatic carbocycles. The van der Waals surface area contributed by atoms with Gasteiger partial charge in [-0.15, -0.1) is 0 Å². The fourth-order valence-corrected chi connectivity index (χ4v) is 5.64. The zero-order chi connectivity index (χ0) is 22.4. The second-order valence-corrected chi connectivity index (χ2v) is 8.81. The Hall–Kier alpha value is -3.55. The van der Waals surface area contributed by atoms with Crippen molar-refractivity contribution in [3.63, 3.8) is 0 Å². The lowest BCUT2D eigenvalue weighted by Crippen LogP contribution is -2.41. The Balaban J connectivity index is 1.69. The number of aromatic hydroxyl groups is 1. The number of hydrogen-bond donors (Lipinski definition) is 3. The van der Waals surface area contributed by atoms with Crippen LogP contribution in [-0.2, 0) is 16.0 Å². The van der Waals surface area contributed by atoms with Gasteiger partial charge in [-0.05, 0) is 30.4 Å². The van der Waals surface area contributed by atoms with Crippen LogP contribution in [0.3, 0.4) is 0 Å². The van der Waals surface area contributed by atoms with Crippen molar-refractivity contribution < 1.29 is 29.3 Å². The Morgan fingerprint density at radius 1 is 1.35 bits per heavy atom. The molecule has 160 valence electrons. The number of carbonyl (C=O) groups is 3. The molecule has 3 atom stereocenters. The van der Waals surface area contributed by atoms with E-state index < -0.39 is 11.5 Å². The standard InChI is InChI=1S/C23H22N2O6/c1-9-16(22(24)30)15(27)7-12-4-10-5-13-14(25(2)3)6-11(8-26)19(28)18(13)20(29)17(10)21-23(9,12)31-21/h6,8,10,12,27-28H,1,4-5,7H2,2-3H3,(H2,24,30)/t10?,12-,23-/m0/s1. The first-order chi connectivity index (χ1) is 14.6. The number of nitrogens with two attached hydrogens (primary N) is 1. The summed E-state index contributed by atoms with van der Waals surface area (Å²) in [7, 11) is 3.63. The van der Waals surface area contributed by atoms with Crippen molar-refractivity contribution in [1.29, 1.82) is 0 Å². The minimum Gasteiger partial charge on any atom is -0.511 e. The summed E-state index contributed by atoms with van der Waals surface area (Å²) in [6.07, 6.45) is 1.76. The molecular formula is C23H22N2O6. The maximum Gasteiger partial charge on any atom is 0.252 e. The Morgan fingerprint density at radius 3 is 2.68 bits per heavy atom. The van der Waals surface area contributed by atoms with Crippen LogP contribution in [0.25, 0.3) is 0 Å². The van der Waals surface area contributed by atoms with Crippen molar-refractivity contribution in [2.75, 3.05) is 19.0 Å². The number of phenols is 1. The van der Waals surface area contributed by atoms with Crippen molar-refractivity contribution in [2.45, 2.75) is 24.9 Å². The van der Waals surface area contributed by atoms with Gasteiger partial charge in [-0.3, -0.25) is 14.4 Å². The van der Waals surface area contributed by atoms with Crippen molar-refractivity contribution in [2.24, 2.45) is 17.6 Å². The molecule has 0 radical (unpaired) electrons. The minimum absolute atomic E-state index is 0.0464. The number of anilines is 1. The maximum absolute atomic E-state index is 13.6. The minimum atomic E-state index is -1.02. The summed E-state index contributed by atoms with van der Waals surface area (Å²) >= 11 is 0. The first kappa shape index (κ1) is 19.4. The molecule has 4 N–H and O–H groups in total. The second-order valence-electron chi connectivity index (χ2n) is 8.81. The molecule has 1 saturated heterocycles. The van der Waals surface area contributed by atoms with Crippen molar-refractivity contribution in [1.82, 2.24) is 0 Å². The smallest absolute Gasteiger partial charge is 0.252 e. The molecule has 31 heavy (non-hydrogen) atoms. The molecule has 1 fully saturated rings. The van der Waals surface area contributed by atoms with E-state index in [1.165, 1.54) is 0 Å². The zero-order valence-corrected chi connectivity index (χ0v) is 17.2. The van der Waals surface area contributed by atoms with E-state index in [-0.39, 0.29) is 57.8 Å². The number of nitrogens with zero attached hydrogens (tertiary/aromatic N) is 1. The summed E-state index contributed by atoms with van der Waals surface area (Å²) in [4.78, 5) is 38.8. The van der Waals surface area contributed by atoms with Gasteiger partial charge >= 0.3 is 0 Å². The number of rotatable bonds is 3. The van der Waals surface area contributed by atoms with Gasteiger partial charge in [0.2, 0.25) is 0 Å². The highest BCUT2D eigenvalue weighted by Gasteiger charge is 2.69. The van der Waals surface area contributed by atoms with Gasteiger partial charge in [0, 0.05) is 43.3 Å². The monoisotopic (exact) mass is 422 g/mol. The third kappa shape index (κ3) is 2.27. The molecule has 0 bridgehead atoms.